The number of likely N-dealkylation sites (tertiary alicyclic amines) is 1. The Hall–Kier alpha value is -2.75. The van der Waals surface area contributed by atoms with Crippen molar-refractivity contribution in [3.8, 4) is 0 Å². The summed E-state index contributed by atoms with van der Waals surface area (Å²) in [7, 11) is 0. The summed E-state index contributed by atoms with van der Waals surface area (Å²) in [6.07, 6.45) is 8.62. The molecule has 4 rings (SSSR count). The SMILES string of the molecule is O=C(c1cnc2ccccc2c1)N1CCC[C@H](Cc2cccnc2)C1. The Morgan fingerprint density at radius 3 is 2.96 bits per heavy atom. The second-order valence-corrected chi connectivity index (χ2v) is 6.74. The highest BCUT2D eigenvalue weighted by molar-refractivity contribution is 5.97. The summed E-state index contributed by atoms with van der Waals surface area (Å²) < 4.78 is 0. The van der Waals surface area contributed by atoms with Crippen molar-refractivity contribution < 1.29 is 4.79 Å². The molecule has 0 unspecified atom stereocenters. The lowest BCUT2D eigenvalue weighted by Gasteiger charge is -2.33. The normalized spacial score (nSPS) is 17.6. The topological polar surface area (TPSA) is 46.1 Å². The van der Waals surface area contributed by atoms with Crippen LogP contribution in [0.25, 0.3) is 10.9 Å². The van der Waals surface area contributed by atoms with Crippen molar-refractivity contribution >= 4 is 16.8 Å². The molecule has 4 heteroatoms. The number of benzene rings is 1. The van der Waals surface area contributed by atoms with Crippen LogP contribution in [0.5, 0.6) is 0 Å². The van der Waals surface area contributed by atoms with Crippen LogP contribution in [0, 0.1) is 5.92 Å². The second-order valence-electron chi connectivity index (χ2n) is 6.74. The van der Waals surface area contributed by atoms with E-state index in [1.54, 1.807) is 12.4 Å². The van der Waals surface area contributed by atoms with Crippen molar-refractivity contribution in [3.05, 3.63) is 72.2 Å². The van der Waals surface area contributed by atoms with Crippen molar-refractivity contribution in [2.75, 3.05) is 13.1 Å². The van der Waals surface area contributed by atoms with Gasteiger partial charge in [0.25, 0.3) is 5.91 Å². The van der Waals surface area contributed by atoms with Gasteiger partial charge in [0, 0.05) is 37.1 Å². The maximum atomic E-state index is 12.9. The molecule has 0 saturated carbocycles. The molecule has 0 spiro atoms. The van der Waals surface area contributed by atoms with Gasteiger partial charge in [-0.2, -0.15) is 0 Å². The van der Waals surface area contributed by atoms with Crippen molar-refractivity contribution in [3.63, 3.8) is 0 Å². The third-order valence-corrected chi connectivity index (χ3v) is 4.89. The molecule has 2 aromatic heterocycles. The molecule has 0 aliphatic carbocycles. The number of carbonyl (C=O) groups excluding carboxylic acids is 1. The first kappa shape index (κ1) is 15.8. The first-order chi connectivity index (χ1) is 12.3. The number of hydrogen-bond acceptors (Lipinski definition) is 3. The Labute approximate surface area is 147 Å². The molecule has 3 aromatic rings. The zero-order chi connectivity index (χ0) is 17.1. The number of nitrogens with zero attached hydrogens (tertiary/aromatic N) is 3. The first-order valence-electron chi connectivity index (χ1n) is 8.82. The number of piperidine rings is 1. The number of pyridine rings is 2. The highest BCUT2D eigenvalue weighted by Crippen LogP contribution is 2.23. The molecule has 25 heavy (non-hydrogen) atoms. The average molecular weight is 331 g/mol. The van der Waals surface area contributed by atoms with Gasteiger partial charge in [0.15, 0.2) is 0 Å². The van der Waals surface area contributed by atoms with Gasteiger partial charge in [-0.15, -0.1) is 0 Å². The number of rotatable bonds is 3. The van der Waals surface area contributed by atoms with E-state index in [0.717, 1.165) is 43.3 Å². The molecule has 0 bridgehead atoms. The molecule has 1 saturated heterocycles. The van der Waals surface area contributed by atoms with E-state index in [0.29, 0.717) is 11.5 Å². The molecule has 126 valence electrons. The lowest BCUT2D eigenvalue weighted by Crippen LogP contribution is -2.40. The molecule has 1 atom stereocenters. The third-order valence-electron chi connectivity index (χ3n) is 4.89. The fraction of sp³-hybridized carbons (Fsp3) is 0.286. The summed E-state index contributed by atoms with van der Waals surface area (Å²) in [5.41, 5.74) is 2.85. The van der Waals surface area contributed by atoms with E-state index >= 15 is 0 Å². The zero-order valence-electron chi connectivity index (χ0n) is 14.1. The molecule has 1 aliphatic rings. The van der Waals surface area contributed by atoms with Crippen LogP contribution in [0.3, 0.4) is 0 Å². The standard InChI is InChI=1S/C21H21N3O/c25-21(19-12-18-7-1-2-8-20(18)23-14-19)24-10-4-6-17(15-24)11-16-5-3-9-22-13-16/h1-3,5,7-9,12-14,17H,4,6,10-11,15H2/t17-/m1/s1. The molecule has 1 aromatic carbocycles. The predicted molar refractivity (Wildman–Crippen MR) is 98.3 cm³/mol. The van der Waals surface area contributed by atoms with Crippen molar-refractivity contribution in [2.45, 2.75) is 19.3 Å². The van der Waals surface area contributed by atoms with E-state index in [9.17, 15) is 4.79 Å². The molecule has 3 heterocycles. The Balaban J connectivity index is 1.49. The highest BCUT2D eigenvalue weighted by atomic mass is 16.2. The number of carbonyl (C=O) groups is 1. The monoisotopic (exact) mass is 331 g/mol. The molecule has 1 fully saturated rings. The van der Waals surface area contributed by atoms with Crippen LogP contribution < -0.4 is 0 Å². The highest BCUT2D eigenvalue weighted by Gasteiger charge is 2.25. The van der Waals surface area contributed by atoms with Gasteiger partial charge in [0.05, 0.1) is 11.1 Å². The summed E-state index contributed by atoms with van der Waals surface area (Å²) in [4.78, 5) is 23.5. The minimum absolute atomic E-state index is 0.0918. The van der Waals surface area contributed by atoms with E-state index in [2.05, 4.69) is 16.0 Å². The molecule has 1 aliphatic heterocycles. The Bertz CT molecular complexity index is 878. The zero-order valence-corrected chi connectivity index (χ0v) is 14.1. The van der Waals surface area contributed by atoms with E-state index in [4.69, 9.17) is 0 Å². The van der Waals surface area contributed by atoms with Gasteiger partial charge in [-0.25, -0.2) is 0 Å². The van der Waals surface area contributed by atoms with Crippen LogP contribution in [-0.2, 0) is 6.42 Å². The Morgan fingerprint density at radius 2 is 2.08 bits per heavy atom. The minimum Gasteiger partial charge on any atom is -0.338 e. The Kier molecular flexibility index (Phi) is 4.42. The smallest absolute Gasteiger partial charge is 0.255 e. The summed E-state index contributed by atoms with van der Waals surface area (Å²) >= 11 is 0. The quantitative estimate of drug-likeness (QED) is 0.735. The number of para-hydroxylation sites is 1. The van der Waals surface area contributed by atoms with Crippen LogP contribution >= 0.6 is 0 Å². The maximum absolute atomic E-state index is 12.9. The summed E-state index contributed by atoms with van der Waals surface area (Å²) in [6.45, 7) is 1.63. The fourth-order valence-corrected chi connectivity index (χ4v) is 3.64. The van der Waals surface area contributed by atoms with Crippen LogP contribution in [0.1, 0.15) is 28.8 Å². The summed E-state index contributed by atoms with van der Waals surface area (Å²) in [5, 5.41) is 1.01. The maximum Gasteiger partial charge on any atom is 0.255 e. The minimum atomic E-state index is 0.0918. The second kappa shape index (κ2) is 7.01. The van der Waals surface area contributed by atoms with Crippen molar-refractivity contribution in [1.82, 2.24) is 14.9 Å². The van der Waals surface area contributed by atoms with E-state index in [-0.39, 0.29) is 5.91 Å². The molecule has 4 nitrogen and oxygen atoms in total. The molecule has 0 N–H and O–H groups in total. The predicted octanol–water partition coefficient (Wildman–Crippen LogP) is 3.72. The van der Waals surface area contributed by atoms with Crippen LogP contribution in [0.2, 0.25) is 0 Å². The van der Waals surface area contributed by atoms with Crippen LogP contribution in [-0.4, -0.2) is 33.9 Å². The molecular weight excluding hydrogens is 310 g/mol. The first-order valence-corrected chi connectivity index (χ1v) is 8.82. The lowest BCUT2D eigenvalue weighted by molar-refractivity contribution is 0.0673. The fourth-order valence-electron chi connectivity index (χ4n) is 3.64. The molecular formula is C21H21N3O. The van der Waals surface area contributed by atoms with Gasteiger partial charge in [0.2, 0.25) is 0 Å². The molecule has 0 radical (unpaired) electrons. The average Bonchev–Trinajstić information content (AvgIpc) is 2.68. The lowest BCUT2D eigenvalue weighted by atomic mass is 9.91. The van der Waals surface area contributed by atoms with Gasteiger partial charge in [-0.1, -0.05) is 24.3 Å². The molecule has 1 amide bonds. The van der Waals surface area contributed by atoms with Gasteiger partial charge in [0.1, 0.15) is 0 Å². The number of hydrogen-bond donors (Lipinski definition) is 0. The van der Waals surface area contributed by atoms with Gasteiger partial charge in [-0.3, -0.25) is 14.8 Å². The number of amides is 1. The summed E-state index contributed by atoms with van der Waals surface area (Å²) in [5.74, 6) is 0.587. The van der Waals surface area contributed by atoms with E-state index in [1.165, 1.54) is 5.56 Å². The van der Waals surface area contributed by atoms with Crippen LogP contribution in [0.4, 0.5) is 0 Å². The van der Waals surface area contributed by atoms with Crippen molar-refractivity contribution in [1.29, 1.82) is 0 Å². The third kappa shape index (κ3) is 3.53. The van der Waals surface area contributed by atoms with E-state index < -0.39 is 0 Å². The van der Waals surface area contributed by atoms with Gasteiger partial charge in [-0.05, 0) is 48.9 Å². The summed E-state index contributed by atoms with van der Waals surface area (Å²) in [6, 6.07) is 13.9. The van der Waals surface area contributed by atoms with Gasteiger partial charge < -0.3 is 4.90 Å². The van der Waals surface area contributed by atoms with Crippen molar-refractivity contribution in [2.24, 2.45) is 5.92 Å². The Morgan fingerprint density at radius 1 is 1.16 bits per heavy atom. The largest absolute Gasteiger partial charge is 0.338 e. The number of aromatic nitrogens is 2. The number of fused-ring (bicyclic) bond motifs is 1. The van der Waals surface area contributed by atoms with Gasteiger partial charge >= 0.3 is 0 Å². The van der Waals surface area contributed by atoms with Crippen LogP contribution in [0.15, 0.2) is 61.1 Å². The van der Waals surface area contributed by atoms with E-state index in [1.807, 2.05) is 47.5 Å².